The first-order valence-electron chi connectivity index (χ1n) is 9.43. The van der Waals surface area contributed by atoms with Gasteiger partial charge in [-0.2, -0.15) is 0 Å². The number of fused-ring (bicyclic) bond motifs is 1. The lowest BCUT2D eigenvalue weighted by Gasteiger charge is -2.06. The Kier molecular flexibility index (Phi) is 13.3. The molecule has 8 heteroatoms. The molecule has 1 aromatic heterocycles. The van der Waals surface area contributed by atoms with Gasteiger partial charge < -0.3 is 19.3 Å². The van der Waals surface area contributed by atoms with Gasteiger partial charge in [0.25, 0.3) is 0 Å². The van der Waals surface area contributed by atoms with E-state index in [1.165, 1.54) is 7.11 Å². The number of esters is 3. The summed E-state index contributed by atoms with van der Waals surface area (Å²) >= 11 is 0. The van der Waals surface area contributed by atoms with Gasteiger partial charge in [0.05, 0.1) is 13.7 Å². The largest absolute Gasteiger partial charge is 0.466 e. The summed E-state index contributed by atoms with van der Waals surface area (Å²) in [5, 5.41) is 9.13. The Labute approximate surface area is 187 Å². The van der Waals surface area contributed by atoms with Gasteiger partial charge >= 0.3 is 17.9 Å². The predicted octanol–water partition coefficient (Wildman–Crippen LogP) is 3.55. The quantitative estimate of drug-likeness (QED) is 0.410. The van der Waals surface area contributed by atoms with E-state index in [1.54, 1.807) is 33.0 Å². The van der Waals surface area contributed by atoms with Crippen molar-refractivity contribution in [3.63, 3.8) is 0 Å². The molecule has 0 aliphatic carbocycles. The van der Waals surface area contributed by atoms with Crippen LogP contribution >= 0.6 is 0 Å². The monoisotopic (exact) mass is 443 g/mol. The summed E-state index contributed by atoms with van der Waals surface area (Å²) in [5.74, 6) is -0.770. The average molecular weight is 443 g/mol. The molecule has 32 heavy (non-hydrogen) atoms. The van der Waals surface area contributed by atoms with Crippen molar-refractivity contribution in [2.24, 2.45) is 0 Å². The maximum Gasteiger partial charge on any atom is 0.338 e. The number of para-hydroxylation sites is 1. The molecule has 0 radical (unpaired) electrons. The lowest BCUT2D eigenvalue weighted by molar-refractivity contribution is -0.140. The standard InChI is InChI=1S/C13H11NO2.C6H10O3.C5H8O2/c1-9(2)13(15)16-11-7-3-5-10-6-4-8-14-12(10)11;1-5(2)6(8)9-4-3-7;1-4(2)5(6)7-3/h3-8H,1H2,2H3;7H,1,3-4H2,2H3;1H2,2-3H3. The van der Waals surface area contributed by atoms with Crippen LogP contribution in [0.15, 0.2) is 73.0 Å². The number of aliphatic hydroxyl groups is 1. The van der Waals surface area contributed by atoms with Crippen LogP contribution in [0.5, 0.6) is 5.75 Å². The normalized spacial score (nSPS) is 9.16. The number of methoxy groups -OCH3 is 1. The van der Waals surface area contributed by atoms with Crippen LogP contribution in [0.25, 0.3) is 10.9 Å². The second-order valence-electron chi connectivity index (χ2n) is 6.41. The van der Waals surface area contributed by atoms with Gasteiger partial charge in [-0.3, -0.25) is 4.98 Å². The Morgan fingerprint density at radius 2 is 1.47 bits per heavy atom. The summed E-state index contributed by atoms with van der Waals surface area (Å²) in [7, 11) is 1.33. The highest BCUT2D eigenvalue weighted by atomic mass is 16.5. The zero-order valence-corrected chi connectivity index (χ0v) is 18.8. The van der Waals surface area contributed by atoms with Gasteiger partial charge in [0.1, 0.15) is 12.1 Å². The van der Waals surface area contributed by atoms with Gasteiger partial charge in [0, 0.05) is 28.3 Å². The first-order chi connectivity index (χ1) is 15.0. The molecule has 2 rings (SSSR count). The van der Waals surface area contributed by atoms with E-state index in [4.69, 9.17) is 9.84 Å². The highest BCUT2D eigenvalue weighted by Gasteiger charge is 2.08. The minimum absolute atomic E-state index is 0.0473. The number of rotatable bonds is 6. The van der Waals surface area contributed by atoms with E-state index >= 15 is 0 Å². The van der Waals surface area contributed by atoms with Crippen LogP contribution in [-0.4, -0.2) is 48.3 Å². The molecule has 0 fully saturated rings. The molecule has 0 aliphatic heterocycles. The van der Waals surface area contributed by atoms with Crippen LogP contribution in [-0.2, 0) is 23.9 Å². The molecule has 0 spiro atoms. The summed E-state index contributed by atoms with van der Waals surface area (Å²) in [4.78, 5) is 36.3. The average Bonchev–Trinajstić information content (AvgIpc) is 2.77. The molecule has 1 aromatic carbocycles. The van der Waals surface area contributed by atoms with Crippen LogP contribution in [0.3, 0.4) is 0 Å². The fraction of sp³-hybridized carbons (Fsp3) is 0.250. The molecule has 1 heterocycles. The van der Waals surface area contributed by atoms with E-state index in [0.717, 1.165) is 5.39 Å². The molecule has 0 unspecified atom stereocenters. The molecule has 0 saturated carbocycles. The zero-order chi connectivity index (χ0) is 24.7. The van der Waals surface area contributed by atoms with Gasteiger partial charge in [-0.1, -0.05) is 37.9 Å². The van der Waals surface area contributed by atoms with E-state index in [0.29, 0.717) is 28.0 Å². The lowest BCUT2D eigenvalue weighted by Crippen LogP contribution is -2.08. The van der Waals surface area contributed by atoms with Crippen LogP contribution in [0, 0.1) is 0 Å². The number of aliphatic hydroxyl groups excluding tert-OH is 1. The van der Waals surface area contributed by atoms with E-state index in [1.807, 2.05) is 24.3 Å². The Balaban J connectivity index is 0.000000512. The fourth-order valence-corrected chi connectivity index (χ4v) is 1.78. The smallest absolute Gasteiger partial charge is 0.338 e. The third-order valence-electron chi connectivity index (χ3n) is 3.35. The molecule has 0 atom stereocenters. The van der Waals surface area contributed by atoms with E-state index in [-0.39, 0.29) is 19.2 Å². The second kappa shape index (κ2) is 15.1. The fourth-order valence-electron chi connectivity index (χ4n) is 1.78. The highest BCUT2D eigenvalue weighted by molar-refractivity contribution is 5.92. The van der Waals surface area contributed by atoms with Gasteiger partial charge in [0.15, 0.2) is 5.75 Å². The minimum atomic E-state index is -0.455. The number of carbonyl (C=O) groups excluding carboxylic acids is 3. The third-order valence-corrected chi connectivity index (χ3v) is 3.35. The molecule has 0 amide bonds. The van der Waals surface area contributed by atoms with Gasteiger partial charge in [0.2, 0.25) is 0 Å². The van der Waals surface area contributed by atoms with Crippen molar-refractivity contribution in [1.29, 1.82) is 0 Å². The predicted molar refractivity (Wildman–Crippen MR) is 122 cm³/mol. The summed E-state index contributed by atoms with van der Waals surface area (Å²) in [6.45, 7) is 14.9. The van der Waals surface area contributed by atoms with Crippen molar-refractivity contribution < 1.29 is 33.7 Å². The molecule has 2 aromatic rings. The minimum Gasteiger partial charge on any atom is -0.466 e. The topological polar surface area (TPSA) is 112 Å². The molecule has 0 saturated heterocycles. The second-order valence-corrected chi connectivity index (χ2v) is 6.41. The Hall–Kier alpha value is -3.78. The molecule has 8 nitrogen and oxygen atoms in total. The van der Waals surface area contributed by atoms with Crippen molar-refractivity contribution in [1.82, 2.24) is 4.98 Å². The summed E-state index contributed by atoms with van der Waals surface area (Å²) < 4.78 is 13.9. The van der Waals surface area contributed by atoms with Crippen molar-refractivity contribution in [3.8, 4) is 5.75 Å². The maximum atomic E-state index is 11.4. The molecular formula is C24H29NO7. The molecule has 1 N–H and O–H groups in total. The van der Waals surface area contributed by atoms with Crippen molar-refractivity contribution in [3.05, 3.63) is 73.0 Å². The Morgan fingerprint density at radius 1 is 0.906 bits per heavy atom. The third kappa shape index (κ3) is 10.8. The van der Waals surface area contributed by atoms with E-state index in [9.17, 15) is 14.4 Å². The lowest BCUT2D eigenvalue weighted by atomic mass is 10.2. The number of aromatic nitrogens is 1. The first kappa shape index (κ1) is 28.2. The van der Waals surface area contributed by atoms with Crippen LogP contribution in [0.4, 0.5) is 0 Å². The Morgan fingerprint density at radius 3 is 1.94 bits per heavy atom. The highest BCUT2D eigenvalue weighted by Crippen LogP contribution is 2.23. The molecule has 0 bridgehead atoms. The number of pyridine rings is 1. The SMILES string of the molecule is C=C(C)C(=O)OC.C=C(C)C(=O)OCCO.C=C(C)C(=O)Oc1cccc2cccnc12. The van der Waals surface area contributed by atoms with Crippen molar-refractivity contribution in [2.75, 3.05) is 20.3 Å². The number of hydrogen-bond acceptors (Lipinski definition) is 8. The van der Waals surface area contributed by atoms with Gasteiger partial charge in [-0.15, -0.1) is 0 Å². The summed E-state index contributed by atoms with van der Waals surface area (Å²) in [5.41, 5.74) is 1.83. The summed E-state index contributed by atoms with van der Waals surface area (Å²) in [6.07, 6.45) is 1.67. The molecular weight excluding hydrogens is 414 g/mol. The first-order valence-corrected chi connectivity index (χ1v) is 9.43. The summed E-state index contributed by atoms with van der Waals surface area (Å²) in [6, 6.07) is 9.22. The number of carbonyl (C=O) groups is 3. The van der Waals surface area contributed by atoms with Crippen LogP contribution in [0.1, 0.15) is 20.8 Å². The van der Waals surface area contributed by atoms with Gasteiger partial charge in [-0.05, 0) is 32.9 Å². The van der Waals surface area contributed by atoms with Crippen molar-refractivity contribution >= 4 is 28.8 Å². The number of ether oxygens (including phenoxy) is 3. The molecule has 0 aliphatic rings. The van der Waals surface area contributed by atoms with Crippen molar-refractivity contribution in [2.45, 2.75) is 20.8 Å². The maximum absolute atomic E-state index is 11.4. The van der Waals surface area contributed by atoms with Crippen LogP contribution < -0.4 is 4.74 Å². The van der Waals surface area contributed by atoms with E-state index < -0.39 is 11.9 Å². The van der Waals surface area contributed by atoms with Gasteiger partial charge in [-0.25, -0.2) is 14.4 Å². The van der Waals surface area contributed by atoms with Crippen LogP contribution in [0.2, 0.25) is 0 Å². The van der Waals surface area contributed by atoms with E-state index in [2.05, 4.69) is 34.2 Å². The number of nitrogens with zero attached hydrogens (tertiary/aromatic N) is 1. The zero-order valence-electron chi connectivity index (χ0n) is 18.8. The Bertz CT molecular complexity index is 974. The number of benzene rings is 1. The molecule has 172 valence electrons. The number of hydrogen-bond donors (Lipinski definition) is 1.